The van der Waals surface area contributed by atoms with Gasteiger partial charge >= 0.3 is 0 Å². The van der Waals surface area contributed by atoms with Crippen LogP contribution in [0.1, 0.15) is 25.2 Å². The zero-order valence-electron chi connectivity index (χ0n) is 10.4. The average Bonchev–Trinajstić information content (AvgIpc) is 2.81. The molecule has 0 atom stereocenters. The fraction of sp³-hybridized carbons (Fsp3) is 0.417. The molecular formula is C12H17N5. The van der Waals surface area contributed by atoms with E-state index < -0.39 is 0 Å². The van der Waals surface area contributed by atoms with E-state index in [2.05, 4.69) is 33.8 Å². The molecule has 0 aliphatic rings. The summed E-state index contributed by atoms with van der Waals surface area (Å²) < 4.78 is 0. The molecule has 2 heterocycles. The van der Waals surface area contributed by atoms with Crippen LogP contribution >= 0.6 is 0 Å². The van der Waals surface area contributed by atoms with Crippen LogP contribution in [-0.4, -0.2) is 26.5 Å². The molecule has 0 fully saturated rings. The van der Waals surface area contributed by atoms with Gasteiger partial charge in [-0.3, -0.25) is 0 Å². The fourth-order valence-electron chi connectivity index (χ4n) is 1.51. The Balaban J connectivity index is 2.50. The van der Waals surface area contributed by atoms with E-state index in [1.165, 1.54) is 0 Å². The third-order valence-electron chi connectivity index (χ3n) is 2.77. The lowest BCUT2D eigenvalue weighted by atomic mass is 9.89. The van der Waals surface area contributed by atoms with Gasteiger partial charge in [0.05, 0.1) is 5.69 Å². The maximum atomic E-state index is 5.77. The molecule has 0 bridgehead atoms. The summed E-state index contributed by atoms with van der Waals surface area (Å²) >= 11 is 0. The maximum Gasteiger partial charge on any atom is 0.196 e. The van der Waals surface area contributed by atoms with E-state index >= 15 is 0 Å². The molecule has 0 amide bonds. The number of nitrogens with one attached hydrogen (secondary N) is 1. The van der Waals surface area contributed by atoms with E-state index in [0.29, 0.717) is 18.2 Å². The Morgan fingerprint density at radius 3 is 2.71 bits per heavy atom. The summed E-state index contributed by atoms with van der Waals surface area (Å²) in [5.41, 5.74) is 7.48. The monoisotopic (exact) mass is 231 g/mol. The van der Waals surface area contributed by atoms with Gasteiger partial charge in [0.2, 0.25) is 0 Å². The molecule has 0 saturated heterocycles. The third kappa shape index (κ3) is 2.34. The van der Waals surface area contributed by atoms with Crippen LogP contribution in [0.5, 0.6) is 0 Å². The molecule has 2 aromatic heterocycles. The number of hydrogen-bond donors (Lipinski definition) is 2. The van der Waals surface area contributed by atoms with E-state index in [1.54, 1.807) is 12.4 Å². The predicted octanol–water partition coefficient (Wildman–Crippen LogP) is 1.41. The molecule has 0 saturated carbocycles. The lowest BCUT2D eigenvalue weighted by Gasteiger charge is -2.22. The second-order valence-corrected chi connectivity index (χ2v) is 4.74. The summed E-state index contributed by atoms with van der Waals surface area (Å²) in [7, 11) is 0. The van der Waals surface area contributed by atoms with Crippen LogP contribution in [0.25, 0.3) is 11.6 Å². The standard InChI is InChI=1S/C12H17N5/c1-8-6-9(12(2,3)7-13)17-11(16-8)10-14-4-5-15-10/h4-6H,7,13H2,1-3H3,(H,14,15). The molecule has 0 aromatic carbocycles. The molecule has 0 aliphatic carbocycles. The highest BCUT2D eigenvalue weighted by molar-refractivity contribution is 5.44. The Kier molecular flexibility index (Phi) is 2.93. The summed E-state index contributed by atoms with van der Waals surface area (Å²) in [5, 5.41) is 0. The quantitative estimate of drug-likeness (QED) is 0.837. The second-order valence-electron chi connectivity index (χ2n) is 4.74. The van der Waals surface area contributed by atoms with Gasteiger partial charge in [-0.05, 0) is 13.0 Å². The Labute approximate surface area is 101 Å². The van der Waals surface area contributed by atoms with E-state index in [0.717, 1.165) is 11.4 Å². The largest absolute Gasteiger partial charge is 0.342 e. The minimum Gasteiger partial charge on any atom is -0.342 e. The molecule has 0 radical (unpaired) electrons. The molecule has 3 N–H and O–H groups in total. The lowest BCUT2D eigenvalue weighted by Crippen LogP contribution is -2.29. The zero-order valence-corrected chi connectivity index (χ0v) is 10.4. The van der Waals surface area contributed by atoms with Crippen LogP contribution in [0.15, 0.2) is 18.5 Å². The van der Waals surface area contributed by atoms with E-state index in [4.69, 9.17) is 5.73 Å². The molecule has 0 aliphatic heterocycles. The first-order valence-corrected chi connectivity index (χ1v) is 5.59. The Morgan fingerprint density at radius 2 is 2.12 bits per heavy atom. The molecular weight excluding hydrogens is 214 g/mol. The number of aromatic nitrogens is 4. The fourth-order valence-corrected chi connectivity index (χ4v) is 1.51. The summed E-state index contributed by atoms with van der Waals surface area (Å²) in [4.78, 5) is 16.1. The van der Waals surface area contributed by atoms with Crippen LogP contribution in [0.4, 0.5) is 0 Å². The van der Waals surface area contributed by atoms with Crippen molar-refractivity contribution in [2.45, 2.75) is 26.2 Å². The number of aryl methyl sites for hydroxylation is 1. The minimum absolute atomic E-state index is 0.158. The van der Waals surface area contributed by atoms with Crippen LogP contribution in [0.2, 0.25) is 0 Å². The van der Waals surface area contributed by atoms with Gasteiger partial charge in [0.25, 0.3) is 0 Å². The van der Waals surface area contributed by atoms with E-state index in [9.17, 15) is 0 Å². The van der Waals surface area contributed by atoms with Crippen molar-refractivity contribution < 1.29 is 0 Å². The Bertz CT molecular complexity index is 502. The van der Waals surface area contributed by atoms with Crippen molar-refractivity contribution in [1.82, 2.24) is 19.9 Å². The lowest BCUT2D eigenvalue weighted by molar-refractivity contribution is 0.520. The molecule has 0 spiro atoms. The van der Waals surface area contributed by atoms with Crippen molar-refractivity contribution in [1.29, 1.82) is 0 Å². The Hall–Kier alpha value is -1.75. The SMILES string of the molecule is Cc1cc(C(C)(C)CN)nc(-c2ncc[nH]2)n1. The molecule has 5 nitrogen and oxygen atoms in total. The average molecular weight is 231 g/mol. The van der Waals surface area contributed by atoms with E-state index in [1.807, 2.05) is 13.0 Å². The molecule has 0 unspecified atom stereocenters. The molecule has 90 valence electrons. The van der Waals surface area contributed by atoms with Gasteiger partial charge in [-0.15, -0.1) is 0 Å². The highest BCUT2D eigenvalue weighted by Gasteiger charge is 2.22. The van der Waals surface area contributed by atoms with Crippen molar-refractivity contribution in [3.63, 3.8) is 0 Å². The molecule has 5 heteroatoms. The topological polar surface area (TPSA) is 80.5 Å². The van der Waals surface area contributed by atoms with Gasteiger partial charge < -0.3 is 10.7 Å². The summed E-state index contributed by atoms with van der Waals surface area (Å²) in [5.74, 6) is 1.30. The number of H-pyrrole nitrogens is 1. The molecule has 2 aromatic rings. The summed E-state index contributed by atoms with van der Waals surface area (Å²) in [6, 6.07) is 1.97. The number of rotatable bonds is 3. The van der Waals surface area contributed by atoms with Crippen LogP contribution in [0.3, 0.4) is 0 Å². The van der Waals surface area contributed by atoms with Crippen molar-refractivity contribution in [2.24, 2.45) is 5.73 Å². The highest BCUT2D eigenvalue weighted by atomic mass is 15.0. The van der Waals surface area contributed by atoms with Gasteiger partial charge in [0.15, 0.2) is 11.6 Å². The van der Waals surface area contributed by atoms with Crippen LogP contribution in [-0.2, 0) is 5.41 Å². The first-order valence-electron chi connectivity index (χ1n) is 5.59. The van der Waals surface area contributed by atoms with Crippen molar-refractivity contribution in [2.75, 3.05) is 6.54 Å². The second kappa shape index (κ2) is 4.25. The number of imidazole rings is 1. The van der Waals surface area contributed by atoms with Crippen molar-refractivity contribution >= 4 is 0 Å². The molecule has 2 rings (SSSR count). The third-order valence-corrected chi connectivity index (χ3v) is 2.77. The number of aromatic amines is 1. The Morgan fingerprint density at radius 1 is 1.35 bits per heavy atom. The number of nitrogens with zero attached hydrogens (tertiary/aromatic N) is 3. The number of hydrogen-bond acceptors (Lipinski definition) is 4. The van der Waals surface area contributed by atoms with Gasteiger partial charge in [-0.1, -0.05) is 13.8 Å². The first kappa shape index (κ1) is 11.7. The zero-order chi connectivity index (χ0) is 12.5. The van der Waals surface area contributed by atoms with Crippen LogP contribution in [0, 0.1) is 6.92 Å². The number of nitrogens with two attached hydrogens (primary N) is 1. The van der Waals surface area contributed by atoms with Gasteiger partial charge in [-0.2, -0.15) is 0 Å². The summed E-state index contributed by atoms with van der Waals surface area (Å²) in [6.07, 6.45) is 3.45. The van der Waals surface area contributed by atoms with Crippen LogP contribution < -0.4 is 5.73 Å². The first-order chi connectivity index (χ1) is 8.03. The molecule has 17 heavy (non-hydrogen) atoms. The van der Waals surface area contributed by atoms with Crippen molar-refractivity contribution in [3.05, 3.63) is 29.8 Å². The van der Waals surface area contributed by atoms with Crippen molar-refractivity contribution in [3.8, 4) is 11.6 Å². The predicted molar refractivity (Wildman–Crippen MR) is 66.4 cm³/mol. The minimum atomic E-state index is -0.158. The normalized spacial score (nSPS) is 11.8. The van der Waals surface area contributed by atoms with Gasteiger partial charge in [-0.25, -0.2) is 15.0 Å². The highest BCUT2D eigenvalue weighted by Crippen LogP contribution is 2.22. The van der Waals surface area contributed by atoms with E-state index in [-0.39, 0.29) is 5.41 Å². The van der Waals surface area contributed by atoms with Gasteiger partial charge in [0.1, 0.15) is 0 Å². The van der Waals surface area contributed by atoms with Gasteiger partial charge in [0, 0.05) is 30.0 Å². The summed E-state index contributed by atoms with van der Waals surface area (Å²) in [6.45, 7) is 6.63. The smallest absolute Gasteiger partial charge is 0.196 e. The maximum absolute atomic E-state index is 5.77.